The molecule has 0 spiro atoms. The van der Waals surface area contributed by atoms with Crippen LogP contribution in [0.2, 0.25) is 4.34 Å². The van der Waals surface area contributed by atoms with Crippen molar-refractivity contribution >= 4 is 81.1 Å². The first-order valence-corrected chi connectivity index (χ1v) is 15.4. The van der Waals surface area contributed by atoms with Gasteiger partial charge >= 0.3 is 5.97 Å². The third-order valence-electron chi connectivity index (χ3n) is 6.48. The summed E-state index contributed by atoms with van der Waals surface area (Å²) in [4.78, 5) is 61.8. The lowest BCUT2D eigenvalue weighted by Gasteiger charge is -2.49. The number of fused-ring (bicyclic) bond motifs is 1. The Morgan fingerprint density at radius 2 is 1.79 bits per heavy atom. The molecule has 1 saturated heterocycles. The Kier molecular flexibility index (Phi) is 9.40. The first-order valence-electron chi connectivity index (χ1n) is 12.8. The van der Waals surface area contributed by atoms with E-state index >= 15 is 0 Å². The van der Waals surface area contributed by atoms with E-state index in [0.717, 1.165) is 22.5 Å². The maximum atomic E-state index is 13.4. The van der Waals surface area contributed by atoms with Crippen LogP contribution in [0.15, 0.2) is 77.1 Å². The third kappa shape index (κ3) is 6.56. The number of carbonyl (C=O) groups is 4. The smallest absolute Gasteiger partial charge is 0.347 e. The second-order valence-electron chi connectivity index (χ2n) is 9.37. The highest BCUT2D eigenvalue weighted by atomic mass is 35.5. The number of nitrogens with zero attached hydrogens (tertiary/aromatic N) is 3. The number of β-lactam (4-membered cyclic amide) rings is 1. The number of nitrogens with one attached hydrogen (secondary N) is 1. The Bertz CT molecular complexity index is 1590. The molecule has 2 aliphatic rings. The number of thiazole rings is 1. The van der Waals surface area contributed by atoms with E-state index in [1.54, 1.807) is 6.92 Å². The molecule has 3 heterocycles. The molecule has 222 valence electrons. The average molecular weight is 658 g/mol. The molecule has 3 aromatic rings. The van der Waals surface area contributed by atoms with E-state index in [1.165, 1.54) is 16.7 Å². The summed E-state index contributed by atoms with van der Waals surface area (Å²) in [6.07, 6.45) is -0.703. The maximum Gasteiger partial charge on any atom is 0.347 e. The van der Waals surface area contributed by atoms with Crippen molar-refractivity contribution in [2.75, 3.05) is 18.1 Å². The van der Waals surface area contributed by atoms with Gasteiger partial charge < -0.3 is 20.6 Å². The van der Waals surface area contributed by atoms with E-state index in [9.17, 15) is 19.2 Å². The zero-order valence-corrected chi connectivity index (χ0v) is 25.7. The molecule has 1 fully saturated rings. The average Bonchev–Trinajstić information content (AvgIpc) is 3.34. The topological polar surface area (TPSA) is 153 Å². The number of rotatable bonds is 10. The standard InChI is InChI=1S/C28H24ClN5O6S3/c1-14-13-42-26-20(25(37)34(26)21(14)27(38)41)31-24(36)19(18-23(29)43-28(30)32-18)33-39-12-17(35)40-22(15-8-4-2-5-9-15)16-10-6-3-7-11-16/h2-11,20,22,26H,12-13H2,1H3,(H2,30,32)(H,31,36)(H,38,41)/t20?,26-/m1/s1. The number of benzene rings is 2. The molecule has 2 atom stereocenters. The summed E-state index contributed by atoms with van der Waals surface area (Å²) in [5, 5.41) is 5.49. The molecule has 43 heavy (non-hydrogen) atoms. The minimum absolute atomic E-state index is 0.0564. The van der Waals surface area contributed by atoms with E-state index in [1.807, 2.05) is 60.7 Å². The molecular weight excluding hydrogens is 634 g/mol. The van der Waals surface area contributed by atoms with Crippen molar-refractivity contribution in [3.8, 4) is 0 Å². The van der Waals surface area contributed by atoms with Crippen molar-refractivity contribution in [2.24, 2.45) is 5.16 Å². The first kappa shape index (κ1) is 30.6. The number of thioether (sulfide) groups is 1. The highest BCUT2D eigenvalue weighted by molar-refractivity contribution is 8.00. The Morgan fingerprint density at radius 3 is 2.35 bits per heavy atom. The minimum atomic E-state index is -0.962. The second-order valence-corrected chi connectivity index (χ2v) is 12.5. The summed E-state index contributed by atoms with van der Waals surface area (Å²) in [5.41, 5.74) is 7.73. The first-order chi connectivity index (χ1) is 20.7. The van der Waals surface area contributed by atoms with Gasteiger partial charge in [0, 0.05) is 5.75 Å². The van der Waals surface area contributed by atoms with E-state index in [0.29, 0.717) is 11.3 Å². The van der Waals surface area contributed by atoms with Crippen molar-refractivity contribution < 1.29 is 28.8 Å². The fourth-order valence-corrected chi connectivity index (χ4v) is 7.06. The van der Waals surface area contributed by atoms with Crippen molar-refractivity contribution in [3.05, 3.63) is 93.1 Å². The van der Waals surface area contributed by atoms with E-state index in [4.69, 9.17) is 26.9 Å². The van der Waals surface area contributed by atoms with Gasteiger partial charge in [-0.1, -0.05) is 101 Å². The Hall–Kier alpha value is -3.85. The number of hydrogen-bond acceptors (Lipinski definition) is 11. The van der Waals surface area contributed by atoms with E-state index < -0.39 is 52.7 Å². The third-order valence-corrected chi connectivity index (χ3v) is 9.20. The van der Waals surface area contributed by atoms with Crippen molar-refractivity contribution in [3.63, 3.8) is 0 Å². The van der Waals surface area contributed by atoms with Crippen LogP contribution in [0.25, 0.3) is 0 Å². The number of thiol groups is 1. The zero-order chi connectivity index (χ0) is 30.7. The molecule has 11 nitrogen and oxygen atoms in total. The maximum absolute atomic E-state index is 13.4. The molecule has 3 N–H and O–H groups in total. The van der Waals surface area contributed by atoms with Crippen molar-refractivity contribution in [1.29, 1.82) is 0 Å². The van der Waals surface area contributed by atoms with Crippen LogP contribution in [0.1, 0.15) is 29.8 Å². The normalized spacial score (nSPS) is 18.2. The molecule has 2 aliphatic heterocycles. The van der Waals surface area contributed by atoms with Crippen LogP contribution in [0.4, 0.5) is 5.13 Å². The summed E-state index contributed by atoms with van der Waals surface area (Å²) in [6, 6.07) is 17.4. The van der Waals surface area contributed by atoms with Gasteiger partial charge in [0.15, 0.2) is 16.9 Å². The Balaban J connectivity index is 1.31. The summed E-state index contributed by atoms with van der Waals surface area (Å²) in [5.74, 6) is -1.59. The predicted octanol–water partition coefficient (Wildman–Crippen LogP) is 3.56. The lowest BCUT2D eigenvalue weighted by atomic mass is 10.0. The number of ether oxygens (including phenoxy) is 1. The Labute approximate surface area is 264 Å². The number of halogens is 1. The number of nitrogens with two attached hydrogens (primary N) is 1. The van der Waals surface area contributed by atoms with Crippen LogP contribution >= 0.6 is 47.3 Å². The number of oxime groups is 1. The highest BCUT2D eigenvalue weighted by Gasteiger charge is 2.53. The lowest BCUT2D eigenvalue weighted by Crippen LogP contribution is -2.70. The molecule has 2 amide bonds. The number of carbonyl (C=O) groups excluding carboxylic acids is 4. The van der Waals surface area contributed by atoms with Crippen LogP contribution < -0.4 is 11.1 Å². The lowest BCUT2D eigenvalue weighted by molar-refractivity contribution is -0.153. The van der Waals surface area contributed by atoms with E-state index in [2.05, 4.69) is 28.1 Å². The summed E-state index contributed by atoms with van der Waals surface area (Å²) in [7, 11) is 0. The molecule has 0 saturated carbocycles. The van der Waals surface area contributed by atoms with Gasteiger partial charge in [0.1, 0.15) is 21.4 Å². The summed E-state index contributed by atoms with van der Waals surface area (Å²) in [6.45, 7) is 1.10. The SMILES string of the molecule is CC1=C(C(=O)S)N2C(=O)C(NC(=O)C(=NOCC(=O)OC(c3ccccc3)c3ccccc3)c3nc(N)sc3Cl)[C@H]2SC1. The number of esters is 1. The van der Waals surface area contributed by atoms with Gasteiger partial charge in [-0.15, -0.1) is 11.8 Å². The quantitative estimate of drug-likeness (QED) is 0.0977. The summed E-state index contributed by atoms with van der Waals surface area (Å²) < 4.78 is 5.77. The van der Waals surface area contributed by atoms with Crippen LogP contribution in [-0.4, -0.2) is 62.3 Å². The molecular formula is C28H24ClN5O6S3. The molecule has 5 rings (SSSR count). The summed E-state index contributed by atoms with van der Waals surface area (Å²) >= 11 is 12.5. The Morgan fingerprint density at radius 1 is 1.16 bits per heavy atom. The monoisotopic (exact) mass is 657 g/mol. The largest absolute Gasteiger partial charge is 0.450 e. The molecule has 0 radical (unpaired) electrons. The zero-order valence-electron chi connectivity index (χ0n) is 22.4. The molecule has 1 unspecified atom stereocenters. The highest BCUT2D eigenvalue weighted by Crippen LogP contribution is 2.40. The van der Waals surface area contributed by atoms with Gasteiger partial charge in [-0.2, -0.15) is 0 Å². The van der Waals surface area contributed by atoms with Gasteiger partial charge in [0.05, 0.1) is 5.70 Å². The van der Waals surface area contributed by atoms with Gasteiger partial charge in [0.2, 0.25) is 11.7 Å². The number of aromatic nitrogens is 1. The minimum Gasteiger partial charge on any atom is -0.450 e. The molecule has 2 aromatic carbocycles. The molecule has 0 aliphatic carbocycles. The fourth-order valence-electron chi connectivity index (χ4n) is 4.54. The van der Waals surface area contributed by atoms with Crippen LogP contribution in [0, 0.1) is 0 Å². The van der Waals surface area contributed by atoms with E-state index in [-0.39, 0.29) is 20.9 Å². The van der Waals surface area contributed by atoms with Gasteiger partial charge in [-0.25, -0.2) is 9.78 Å². The van der Waals surface area contributed by atoms with Crippen LogP contribution in [0.3, 0.4) is 0 Å². The number of amides is 2. The van der Waals surface area contributed by atoms with Gasteiger partial charge in [-0.3, -0.25) is 19.3 Å². The van der Waals surface area contributed by atoms with Crippen LogP contribution in [0.5, 0.6) is 0 Å². The number of nitrogen functional groups attached to an aromatic ring is 1. The van der Waals surface area contributed by atoms with Gasteiger partial charge in [0.25, 0.3) is 11.8 Å². The van der Waals surface area contributed by atoms with Crippen LogP contribution in [-0.2, 0) is 28.8 Å². The second kappa shape index (κ2) is 13.2. The molecule has 0 bridgehead atoms. The van der Waals surface area contributed by atoms with Crippen molar-refractivity contribution in [1.82, 2.24) is 15.2 Å². The molecule has 1 aromatic heterocycles. The fraction of sp³-hybridized carbons (Fsp3) is 0.214. The van der Waals surface area contributed by atoms with Crippen molar-refractivity contribution in [2.45, 2.75) is 24.4 Å². The molecule has 15 heteroatoms. The van der Waals surface area contributed by atoms with Gasteiger partial charge in [-0.05, 0) is 23.6 Å². The number of anilines is 1. The number of hydrogen-bond donors (Lipinski definition) is 3. The predicted molar refractivity (Wildman–Crippen MR) is 167 cm³/mol.